The molecule has 1 heterocycles. The minimum atomic E-state index is 0.243. The van der Waals surface area contributed by atoms with Gasteiger partial charge in [0.05, 0.1) is 6.10 Å². The second kappa shape index (κ2) is 3.82. The highest BCUT2D eigenvalue weighted by molar-refractivity contribution is 4.65. The van der Waals surface area contributed by atoms with Crippen molar-refractivity contribution in [3.63, 3.8) is 0 Å². The Morgan fingerprint density at radius 2 is 2.56 bits per heavy atom. The van der Waals surface area contributed by atoms with Gasteiger partial charge in [-0.2, -0.15) is 0 Å². The standard InChI is InChI=1S/C6H14N2O/c7-4-6-5-8-2-1-3-9-6/h6,8H,1-5,7H2. The molecule has 1 fully saturated rings. The first-order valence-electron chi connectivity index (χ1n) is 3.46. The molecule has 0 radical (unpaired) electrons. The third-order valence-electron chi connectivity index (χ3n) is 1.49. The Hall–Kier alpha value is -0.120. The van der Waals surface area contributed by atoms with Gasteiger partial charge in [-0.25, -0.2) is 0 Å². The minimum Gasteiger partial charge on any atom is -0.376 e. The SMILES string of the molecule is NCC1CNCCCO1. The van der Waals surface area contributed by atoms with Crippen LogP contribution in [0.2, 0.25) is 0 Å². The molecule has 54 valence electrons. The van der Waals surface area contributed by atoms with Crippen LogP contribution in [0.15, 0.2) is 0 Å². The van der Waals surface area contributed by atoms with Gasteiger partial charge in [0.2, 0.25) is 0 Å². The summed E-state index contributed by atoms with van der Waals surface area (Å²) in [7, 11) is 0. The molecule has 1 aliphatic rings. The van der Waals surface area contributed by atoms with E-state index < -0.39 is 0 Å². The predicted octanol–water partition coefficient (Wildman–Crippen LogP) is -0.676. The molecule has 0 bridgehead atoms. The lowest BCUT2D eigenvalue weighted by atomic mass is 10.3. The molecule has 3 nitrogen and oxygen atoms in total. The van der Waals surface area contributed by atoms with E-state index in [1.807, 2.05) is 0 Å². The number of ether oxygens (including phenoxy) is 1. The molecule has 1 saturated heterocycles. The fraction of sp³-hybridized carbons (Fsp3) is 1.00. The second-order valence-corrected chi connectivity index (χ2v) is 2.29. The zero-order chi connectivity index (χ0) is 6.53. The Labute approximate surface area is 55.6 Å². The van der Waals surface area contributed by atoms with Crippen molar-refractivity contribution >= 4 is 0 Å². The quantitative estimate of drug-likeness (QED) is 0.494. The van der Waals surface area contributed by atoms with Crippen LogP contribution in [0.4, 0.5) is 0 Å². The summed E-state index contributed by atoms with van der Waals surface area (Å²) in [6, 6.07) is 0. The van der Waals surface area contributed by atoms with Gasteiger partial charge in [0.1, 0.15) is 0 Å². The zero-order valence-electron chi connectivity index (χ0n) is 5.60. The smallest absolute Gasteiger partial charge is 0.0821 e. The van der Waals surface area contributed by atoms with Gasteiger partial charge in [-0.1, -0.05) is 0 Å². The second-order valence-electron chi connectivity index (χ2n) is 2.29. The van der Waals surface area contributed by atoms with Crippen molar-refractivity contribution in [2.45, 2.75) is 12.5 Å². The van der Waals surface area contributed by atoms with Gasteiger partial charge in [0.25, 0.3) is 0 Å². The van der Waals surface area contributed by atoms with Crippen molar-refractivity contribution in [1.29, 1.82) is 0 Å². The normalized spacial score (nSPS) is 29.7. The van der Waals surface area contributed by atoms with Crippen LogP contribution < -0.4 is 11.1 Å². The monoisotopic (exact) mass is 130 g/mol. The molecule has 1 aliphatic heterocycles. The highest BCUT2D eigenvalue weighted by atomic mass is 16.5. The fourth-order valence-electron chi connectivity index (χ4n) is 0.921. The van der Waals surface area contributed by atoms with Crippen molar-refractivity contribution in [3.8, 4) is 0 Å². The average Bonchev–Trinajstić information content (AvgIpc) is 2.13. The molecule has 0 aromatic heterocycles. The van der Waals surface area contributed by atoms with Crippen LogP contribution in [0.5, 0.6) is 0 Å². The van der Waals surface area contributed by atoms with Gasteiger partial charge < -0.3 is 15.8 Å². The summed E-state index contributed by atoms with van der Waals surface area (Å²) in [5, 5.41) is 3.24. The first kappa shape index (κ1) is 6.99. The Balaban J connectivity index is 2.18. The molecular weight excluding hydrogens is 116 g/mol. The van der Waals surface area contributed by atoms with Crippen molar-refractivity contribution in [1.82, 2.24) is 5.32 Å². The van der Waals surface area contributed by atoms with E-state index in [4.69, 9.17) is 10.5 Å². The molecule has 0 aliphatic carbocycles. The molecule has 0 aromatic rings. The number of hydrogen-bond donors (Lipinski definition) is 2. The average molecular weight is 130 g/mol. The Morgan fingerprint density at radius 1 is 1.67 bits per heavy atom. The maximum atomic E-state index is 5.41. The van der Waals surface area contributed by atoms with Crippen molar-refractivity contribution in [2.75, 3.05) is 26.2 Å². The van der Waals surface area contributed by atoms with Gasteiger partial charge >= 0.3 is 0 Å². The molecule has 9 heavy (non-hydrogen) atoms. The topological polar surface area (TPSA) is 47.3 Å². The molecule has 3 heteroatoms. The third kappa shape index (κ3) is 2.30. The number of hydrogen-bond acceptors (Lipinski definition) is 3. The molecule has 0 saturated carbocycles. The Bertz CT molecular complexity index is 69.5. The van der Waals surface area contributed by atoms with Crippen molar-refractivity contribution in [3.05, 3.63) is 0 Å². The lowest BCUT2D eigenvalue weighted by Gasteiger charge is -2.10. The predicted molar refractivity (Wildman–Crippen MR) is 36.3 cm³/mol. The summed E-state index contributed by atoms with van der Waals surface area (Å²) >= 11 is 0. The van der Waals surface area contributed by atoms with E-state index in [9.17, 15) is 0 Å². The molecule has 1 atom stereocenters. The molecule has 1 unspecified atom stereocenters. The summed E-state index contributed by atoms with van der Waals surface area (Å²) in [6.07, 6.45) is 1.35. The third-order valence-corrected chi connectivity index (χ3v) is 1.49. The first-order chi connectivity index (χ1) is 4.43. The van der Waals surface area contributed by atoms with E-state index in [1.54, 1.807) is 0 Å². The molecule has 0 amide bonds. The van der Waals surface area contributed by atoms with E-state index in [-0.39, 0.29) is 6.10 Å². The Kier molecular flexibility index (Phi) is 2.97. The summed E-state index contributed by atoms with van der Waals surface area (Å²) in [4.78, 5) is 0. The van der Waals surface area contributed by atoms with Crippen LogP contribution in [-0.2, 0) is 4.74 Å². The van der Waals surface area contributed by atoms with Crippen LogP contribution in [0.1, 0.15) is 6.42 Å². The van der Waals surface area contributed by atoms with Crippen LogP contribution in [0, 0.1) is 0 Å². The van der Waals surface area contributed by atoms with Crippen LogP contribution >= 0.6 is 0 Å². The van der Waals surface area contributed by atoms with E-state index in [1.165, 1.54) is 0 Å². The first-order valence-corrected chi connectivity index (χ1v) is 3.46. The van der Waals surface area contributed by atoms with E-state index in [0.29, 0.717) is 6.54 Å². The lowest BCUT2D eigenvalue weighted by molar-refractivity contribution is 0.0732. The van der Waals surface area contributed by atoms with Gasteiger partial charge in [-0.3, -0.25) is 0 Å². The van der Waals surface area contributed by atoms with Gasteiger partial charge in [-0.15, -0.1) is 0 Å². The summed E-state index contributed by atoms with van der Waals surface area (Å²) in [5.74, 6) is 0. The number of nitrogens with two attached hydrogens (primary N) is 1. The maximum Gasteiger partial charge on any atom is 0.0821 e. The van der Waals surface area contributed by atoms with Crippen molar-refractivity contribution < 1.29 is 4.74 Å². The number of nitrogens with one attached hydrogen (secondary N) is 1. The van der Waals surface area contributed by atoms with E-state index in [0.717, 1.165) is 26.1 Å². The summed E-state index contributed by atoms with van der Waals surface area (Å²) in [5.41, 5.74) is 5.41. The summed E-state index contributed by atoms with van der Waals surface area (Å²) < 4.78 is 5.36. The lowest BCUT2D eigenvalue weighted by Crippen LogP contribution is -2.32. The molecule has 0 aromatic carbocycles. The van der Waals surface area contributed by atoms with Gasteiger partial charge in [0.15, 0.2) is 0 Å². The van der Waals surface area contributed by atoms with Crippen LogP contribution in [0.25, 0.3) is 0 Å². The molecule has 1 rings (SSSR count). The summed E-state index contributed by atoms with van der Waals surface area (Å²) in [6.45, 7) is 3.47. The maximum absolute atomic E-state index is 5.41. The highest BCUT2D eigenvalue weighted by Gasteiger charge is 2.08. The molecule has 3 N–H and O–H groups in total. The molecular formula is C6H14N2O. The van der Waals surface area contributed by atoms with Crippen molar-refractivity contribution in [2.24, 2.45) is 5.73 Å². The van der Waals surface area contributed by atoms with E-state index in [2.05, 4.69) is 5.32 Å². The largest absolute Gasteiger partial charge is 0.376 e. The Morgan fingerprint density at radius 3 is 3.33 bits per heavy atom. The molecule has 0 spiro atoms. The van der Waals surface area contributed by atoms with Gasteiger partial charge in [-0.05, 0) is 13.0 Å². The minimum absolute atomic E-state index is 0.243. The van der Waals surface area contributed by atoms with Crippen LogP contribution in [-0.4, -0.2) is 32.3 Å². The van der Waals surface area contributed by atoms with E-state index >= 15 is 0 Å². The van der Waals surface area contributed by atoms with Gasteiger partial charge in [0, 0.05) is 19.7 Å². The fourth-order valence-corrected chi connectivity index (χ4v) is 0.921. The van der Waals surface area contributed by atoms with Crippen LogP contribution in [0.3, 0.4) is 0 Å². The highest BCUT2D eigenvalue weighted by Crippen LogP contribution is 1.94. The number of rotatable bonds is 1. The zero-order valence-corrected chi connectivity index (χ0v) is 5.60.